The fourth-order valence-corrected chi connectivity index (χ4v) is 3.15. The summed E-state index contributed by atoms with van der Waals surface area (Å²) in [7, 11) is 0. The second-order valence-corrected chi connectivity index (χ2v) is 6.60. The van der Waals surface area contributed by atoms with Crippen LogP contribution >= 0.6 is 0 Å². The largest absolute Gasteiger partial charge is 0.357 e. The van der Waals surface area contributed by atoms with Crippen molar-refractivity contribution in [1.82, 2.24) is 15.6 Å². The third kappa shape index (κ3) is 5.48. The molecule has 0 unspecified atom stereocenters. The fourth-order valence-electron chi connectivity index (χ4n) is 3.15. The summed E-state index contributed by atoms with van der Waals surface area (Å²) >= 11 is 0. The summed E-state index contributed by atoms with van der Waals surface area (Å²) in [6.45, 7) is 6.56. The van der Waals surface area contributed by atoms with Gasteiger partial charge in [-0.2, -0.15) is 0 Å². The Balaban J connectivity index is 1.61. The van der Waals surface area contributed by atoms with Crippen molar-refractivity contribution in [3.63, 3.8) is 0 Å². The van der Waals surface area contributed by atoms with Crippen LogP contribution in [0.15, 0.2) is 53.7 Å². The van der Waals surface area contributed by atoms with E-state index in [1.165, 1.54) is 30.4 Å². The van der Waals surface area contributed by atoms with Gasteiger partial charge in [0, 0.05) is 32.4 Å². The molecule has 0 saturated carbocycles. The van der Waals surface area contributed by atoms with Crippen LogP contribution in [-0.2, 0) is 13.1 Å². The molecule has 1 fully saturated rings. The first-order valence-electron chi connectivity index (χ1n) is 9.61. The van der Waals surface area contributed by atoms with Crippen LogP contribution in [-0.4, -0.2) is 30.6 Å². The van der Waals surface area contributed by atoms with E-state index in [1.807, 2.05) is 12.3 Å². The van der Waals surface area contributed by atoms with E-state index in [-0.39, 0.29) is 0 Å². The molecule has 0 spiro atoms. The van der Waals surface area contributed by atoms with Crippen molar-refractivity contribution < 1.29 is 0 Å². The van der Waals surface area contributed by atoms with Crippen molar-refractivity contribution in [3.05, 3.63) is 59.8 Å². The number of guanidine groups is 1. The van der Waals surface area contributed by atoms with Crippen LogP contribution in [0, 0.1) is 0 Å². The Morgan fingerprint density at radius 1 is 1.04 bits per heavy atom. The average molecular weight is 351 g/mol. The number of nitrogens with one attached hydrogen (secondary N) is 2. The Hall–Kier alpha value is -2.56. The topological polar surface area (TPSA) is 52.6 Å². The summed E-state index contributed by atoms with van der Waals surface area (Å²) in [6, 6.07) is 14.6. The SMILES string of the molecule is CCNC(=NCc1ccnc(N2CCCCC2)c1)NCc1ccccc1. The Morgan fingerprint density at radius 2 is 1.85 bits per heavy atom. The van der Waals surface area contributed by atoms with Crippen molar-refractivity contribution in [3.8, 4) is 0 Å². The number of benzene rings is 1. The van der Waals surface area contributed by atoms with Gasteiger partial charge < -0.3 is 15.5 Å². The quantitative estimate of drug-likeness (QED) is 0.619. The Bertz CT molecular complexity index is 693. The number of pyridine rings is 1. The molecule has 1 aromatic carbocycles. The van der Waals surface area contributed by atoms with E-state index in [0.29, 0.717) is 6.54 Å². The highest BCUT2D eigenvalue weighted by molar-refractivity contribution is 5.79. The van der Waals surface area contributed by atoms with Gasteiger partial charge in [-0.25, -0.2) is 9.98 Å². The van der Waals surface area contributed by atoms with Gasteiger partial charge in [0.05, 0.1) is 6.54 Å². The number of piperidine rings is 1. The fraction of sp³-hybridized carbons (Fsp3) is 0.429. The number of hydrogen-bond acceptors (Lipinski definition) is 3. The summed E-state index contributed by atoms with van der Waals surface area (Å²) in [5.74, 6) is 1.92. The molecule has 138 valence electrons. The zero-order valence-electron chi connectivity index (χ0n) is 15.6. The van der Waals surface area contributed by atoms with Crippen molar-refractivity contribution in [1.29, 1.82) is 0 Å². The molecule has 0 amide bonds. The normalized spacial score (nSPS) is 15.0. The summed E-state index contributed by atoms with van der Waals surface area (Å²) in [5.41, 5.74) is 2.44. The van der Waals surface area contributed by atoms with Crippen molar-refractivity contribution in [2.24, 2.45) is 4.99 Å². The standard InChI is InChI=1S/C21H29N5/c1-2-22-21(24-16-18-9-5-3-6-10-18)25-17-19-11-12-23-20(15-19)26-13-7-4-8-14-26/h3,5-6,9-12,15H,2,4,7-8,13-14,16-17H2,1H3,(H2,22,24,25). The minimum absolute atomic E-state index is 0.646. The number of hydrogen-bond donors (Lipinski definition) is 2. The summed E-state index contributed by atoms with van der Waals surface area (Å²) in [4.78, 5) is 11.7. The molecule has 5 heteroatoms. The number of aromatic nitrogens is 1. The Labute approximate surface area is 156 Å². The summed E-state index contributed by atoms with van der Waals surface area (Å²) < 4.78 is 0. The first kappa shape index (κ1) is 18.2. The Morgan fingerprint density at radius 3 is 2.62 bits per heavy atom. The Kier molecular flexibility index (Phi) is 6.88. The number of aliphatic imine (C=N–C) groups is 1. The molecule has 1 saturated heterocycles. The molecule has 0 bridgehead atoms. The third-order valence-electron chi connectivity index (χ3n) is 4.56. The molecular weight excluding hydrogens is 322 g/mol. The minimum atomic E-state index is 0.646. The second kappa shape index (κ2) is 9.80. The molecule has 5 nitrogen and oxygen atoms in total. The lowest BCUT2D eigenvalue weighted by Crippen LogP contribution is -2.36. The smallest absolute Gasteiger partial charge is 0.191 e. The van der Waals surface area contributed by atoms with Crippen molar-refractivity contribution in [2.45, 2.75) is 39.3 Å². The predicted molar refractivity (Wildman–Crippen MR) is 108 cm³/mol. The molecule has 0 radical (unpaired) electrons. The maximum absolute atomic E-state index is 4.73. The highest BCUT2D eigenvalue weighted by atomic mass is 15.2. The van der Waals surface area contributed by atoms with Crippen LogP contribution in [0.4, 0.5) is 5.82 Å². The van der Waals surface area contributed by atoms with Crippen LogP contribution < -0.4 is 15.5 Å². The number of rotatable bonds is 6. The maximum atomic E-state index is 4.73. The lowest BCUT2D eigenvalue weighted by atomic mass is 10.1. The van der Waals surface area contributed by atoms with Gasteiger partial charge in [-0.3, -0.25) is 0 Å². The van der Waals surface area contributed by atoms with Crippen LogP contribution in [0.3, 0.4) is 0 Å². The van der Waals surface area contributed by atoms with Crippen LogP contribution in [0.2, 0.25) is 0 Å². The van der Waals surface area contributed by atoms with E-state index >= 15 is 0 Å². The molecule has 2 heterocycles. The van der Waals surface area contributed by atoms with Crippen LogP contribution in [0.5, 0.6) is 0 Å². The van der Waals surface area contributed by atoms with E-state index in [1.54, 1.807) is 0 Å². The minimum Gasteiger partial charge on any atom is -0.357 e. The molecular formula is C21H29N5. The molecule has 2 aromatic rings. The predicted octanol–water partition coefficient (Wildman–Crippen LogP) is 3.33. The number of anilines is 1. The zero-order valence-corrected chi connectivity index (χ0v) is 15.6. The number of nitrogens with zero attached hydrogens (tertiary/aromatic N) is 3. The van der Waals surface area contributed by atoms with E-state index in [9.17, 15) is 0 Å². The third-order valence-corrected chi connectivity index (χ3v) is 4.56. The van der Waals surface area contributed by atoms with Gasteiger partial charge in [-0.05, 0) is 49.4 Å². The van der Waals surface area contributed by atoms with E-state index in [2.05, 4.69) is 63.8 Å². The molecule has 1 aromatic heterocycles. The van der Waals surface area contributed by atoms with Crippen LogP contribution in [0.1, 0.15) is 37.3 Å². The van der Waals surface area contributed by atoms with Crippen LogP contribution in [0.25, 0.3) is 0 Å². The molecule has 0 atom stereocenters. The maximum Gasteiger partial charge on any atom is 0.191 e. The lowest BCUT2D eigenvalue weighted by molar-refractivity contribution is 0.573. The van der Waals surface area contributed by atoms with Gasteiger partial charge in [0.25, 0.3) is 0 Å². The highest BCUT2D eigenvalue weighted by Crippen LogP contribution is 2.18. The van der Waals surface area contributed by atoms with Gasteiger partial charge in [0.2, 0.25) is 0 Å². The summed E-state index contributed by atoms with van der Waals surface area (Å²) in [6.07, 6.45) is 5.76. The van der Waals surface area contributed by atoms with E-state index in [0.717, 1.165) is 38.0 Å². The zero-order chi connectivity index (χ0) is 18.0. The molecule has 26 heavy (non-hydrogen) atoms. The first-order valence-corrected chi connectivity index (χ1v) is 9.61. The monoisotopic (exact) mass is 351 g/mol. The van der Waals surface area contributed by atoms with Gasteiger partial charge in [-0.15, -0.1) is 0 Å². The molecule has 0 aliphatic carbocycles. The van der Waals surface area contributed by atoms with Gasteiger partial charge in [0.1, 0.15) is 5.82 Å². The van der Waals surface area contributed by atoms with Gasteiger partial charge in [0.15, 0.2) is 5.96 Å². The van der Waals surface area contributed by atoms with Gasteiger partial charge in [-0.1, -0.05) is 30.3 Å². The van der Waals surface area contributed by atoms with Crippen molar-refractivity contribution in [2.75, 3.05) is 24.5 Å². The van der Waals surface area contributed by atoms with Crippen molar-refractivity contribution >= 4 is 11.8 Å². The second-order valence-electron chi connectivity index (χ2n) is 6.60. The average Bonchev–Trinajstić information content (AvgIpc) is 2.72. The lowest BCUT2D eigenvalue weighted by Gasteiger charge is -2.27. The van der Waals surface area contributed by atoms with Gasteiger partial charge >= 0.3 is 0 Å². The highest BCUT2D eigenvalue weighted by Gasteiger charge is 2.12. The molecule has 3 rings (SSSR count). The summed E-state index contributed by atoms with van der Waals surface area (Å²) in [5, 5.41) is 6.71. The first-order chi connectivity index (χ1) is 12.8. The van der Waals surface area contributed by atoms with E-state index in [4.69, 9.17) is 4.99 Å². The molecule has 1 aliphatic rings. The molecule has 1 aliphatic heterocycles. The van der Waals surface area contributed by atoms with E-state index < -0.39 is 0 Å². The molecule has 2 N–H and O–H groups in total.